The molecule has 1 unspecified atom stereocenters. The second-order valence-electron chi connectivity index (χ2n) is 2.85. The van der Waals surface area contributed by atoms with Crippen LogP contribution in [0.2, 0.25) is 0 Å². The van der Waals surface area contributed by atoms with E-state index in [2.05, 4.69) is 15.1 Å². The van der Waals surface area contributed by atoms with Gasteiger partial charge in [0.25, 0.3) is 0 Å². The smallest absolute Gasteiger partial charge is 0.115 e. The van der Waals surface area contributed by atoms with Crippen LogP contribution in [0.25, 0.3) is 0 Å². The van der Waals surface area contributed by atoms with Crippen molar-refractivity contribution in [2.75, 3.05) is 13.6 Å². The number of nitrogens with zero attached hydrogens (tertiary/aromatic N) is 4. The zero-order chi connectivity index (χ0) is 8.39. The summed E-state index contributed by atoms with van der Waals surface area (Å²) < 4.78 is 0. The molecule has 0 N–H and O–H groups in total. The lowest BCUT2D eigenvalue weighted by Gasteiger charge is -2.08. The van der Waals surface area contributed by atoms with Crippen LogP contribution in [0.3, 0.4) is 0 Å². The molecule has 4 heteroatoms. The molecule has 0 aromatic carbocycles. The van der Waals surface area contributed by atoms with Gasteiger partial charge in [-0.25, -0.2) is 9.97 Å². The Morgan fingerprint density at radius 1 is 1.58 bits per heavy atom. The van der Waals surface area contributed by atoms with E-state index in [9.17, 15) is 0 Å². The molecule has 0 fully saturated rings. The summed E-state index contributed by atoms with van der Waals surface area (Å²) in [7, 11) is 1.96. The Morgan fingerprint density at radius 2 is 2.50 bits per heavy atom. The van der Waals surface area contributed by atoms with Crippen LogP contribution in [0.5, 0.6) is 0 Å². The van der Waals surface area contributed by atoms with Crippen LogP contribution in [0.15, 0.2) is 23.7 Å². The molecule has 1 atom stereocenters. The number of hydrogen-bond acceptors (Lipinski definition) is 4. The van der Waals surface area contributed by atoms with Crippen LogP contribution in [-0.2, 0) is 0 Å². The van der Waals surface area contributed by atoms with Gasteiger partial charge in [-0.2, -0.15) is 5.10 Å². The van der Waals surface area contributed by atoms with Crippen LogP contribution < -0.4 is 0 Å². The van der Waals surface area contributed by atoms with Gasteiger partial charge in [0.2, 0.25) is 0 Å². The Labute approximate surface area is 70.9 Å². The summed E-state index contributed by atoms with van der Waals surface area (Å²) in [6.07, 6.45) is 5.25. The van der Waals surface area contributed by atoms with E-state index in [1.54, 1.807) is 12.5 Å². The van der Waals surface area contributed by atoms with Crippen molar-refractivity contribution in [2.24, 2.45) is 5.10 Å². The molecule has 4 nitrogen and oxygen atoms in total. The van der Waals surface area contributed by atoms with Gasteiger partial charge >= 0.3 is 0 Å². The number of likely N-dealkylation sites (N-methyl/N-ethyl adjacent to an activating group) is 1. The van der Waals surface area contributed by atoms with Crippen LogP contribution in [0, 0.1) is 0 Å². The van der Waals surface area contributed by atoms with Gasteiger partial charge in [-0.1, -0.05) is 0 Å². The fourth-order valence-corrected chi connectivity index (χ4v) is 1.26. The van der Waals surface area contributed by atoms with E-state index >= 15 is 0 Å². The van der Waals surface area contributed by atoms with E-state index in [1.807, 2.05) is 24.3 Å². The van der Waals surface area contributed by atoms with Gasteiger partial charge in [-0.15, -0.1) is 0 Å². The summed E-state index contributed by atoms with van der Waals surface area (Å²) in [6, 6.07) is 1.93. The van der Waals surface area contributed by atoms with Crippen molar-refractivity contribution in [3.8, 4) is 0 Å². The molecule has 0 amide bonds. The highest BCUT2D eigenvalue weighted by Gasteiger charge is 2.17. The summed E-state index contributed by atoms with van der Waals surface area (Å²) in [4.78, 5) is 8.03. The first-order valence-corrected chi connectivity index (χ1v) is 3.87. The average Bonchev–Trinajstić information content (AvgIpc) is 2.54. The molecule has 12 heavy (non-hydrogen) atoms. The fourth-order valence-electron chi connectivity index (χ4n) is 1.26. The highest BCUT2D eigenvalue weighted by molar-refractivity contribution is 5.68. The number of rotatable bonds is 1. The van der Waals surface area contributed by atoms with Crippen molar-refractivity contribution >= 4 is 6.21 Å². The van der Waals surface area contributed by atoms with E-state index in [4.69, 9.17) is 0 Å². The molecular weight excluding hydrogens is 152 g/mol. The first-order chi connectivity index (χ1) is 5.86. The van der Waals surface area contributed by atoms with Crippen LogP contribution >= 0.6 is 0 Å². The number of aromatic nitrogens is 2. The minimum atomic E-state index is 0.331. The molecule has 62 valence electrons. The standard InChI is InChI=1S/C8H10N4/c1-12-5-7(4-11-12)8-2-3-9-6-10-8/h2-4,6-7H,5H2,1H3. The molecule has 0 saturated carbocycles. The maximum atomic E-state index is 4.17. The fraction of sp³-hybridized carbons (Fsp3) is 0.375. The quantitative estimate of drug-likeness (QED) is 0.603. The third-order valence-electron chi connectivity index (χ3n) is 1.89. The van der Waals surface area contributed by atoms with Gasteiger partial charge in [0, 0.05) is 26.0 Å². The topological polar surface area (TPSA) is 41.4 Å². The summed E-state index contributed by atoms with van der Waals surface area (Å²) in [6.45, 7) is 0.914. The third-order valence-corrected chi connectivity index (χ3v) is 1.89. The molecule has 0 aliphatic carbocycles. The molecule has 2 heterocycles. The first-order valence-electron chi connectivity index (χ1n) is 3.87. The highest BCUT2D eigenvalue weighted by atomic mass is 15.4. The molecule has 0 saturated heterocycles. The van der Waals surface area contributed by atoms with E-state index in [0.29, 0.717) is 5.92 Å². The zero-order valence-corrected chi connectivity index (χ0v) is 6.88. The lowest BCUT2D eigenvalue weighted by Crippen LogP contribution is -2.12. The molecule has 0 bridgehead atoms. The van der Waals surface area contributed by atoms with Gasteiger partial charge in [-0.05, 0) is 6.07 Å². The van der Waals surface area contributed by atoms with Gasteiger partial charge in [0.05, 0.1) is 11.6 Å². The van der Waals surface area contributed by atoms with Crippen molar-refractivity contribution in [1.29, 1.82) is 0 Å². The normalized spacial score (nSPS) is 21.8. The minimum Gasteiger partial charge on any atom is -0.299 e. The van der Waals surface area contributed by atoms with Crippen LogP contribution in [0.4, 0.5) is 0 Å². The summed E-state index contributed by atoms with van der Waals surface area (Å²) >= 11 is 0. The lowest BCUT2D eigenvalue weighted by atomic mass is 10.1. The lowest BCUT2D eigenvalue weighted by molar-refractivity contribution is 0.380. The number of hydrogen-bond donors (Lipinski definition) is 0. The predicted molar refractivity (Wildman–Crippen MR) is 45.9 cm³/mol. The molecule has 1 aliphatic rings. The molecule has 1 aromatic rings. The van der Waals surface area contributed by atoms with Gasteiger partial charge in [0.15, 0.2) is 0 Å². The second kappa shape index (κ2) is 2.89. The van der Waals surface area contributed by atoms with Crippen LogP contribution in [-0.4, -0.2) is 34.8 Å². The molecular formula is C8H10N4. The van der Waals surface area contributed by atoms with E-state index in [-0.39, 0.29) is 0 Å². The monoisotopic (exact) mass is 162 g/mol. The zero-order valence-electron chi connectivity index (χ0n) is 6.88. The third kappa shape index (κ3) is 1.28. The summed E-state index contributed by atoms with van der Waals surface area (Å²) in [5, 5.41) is 6.05. The van der Waals surface area contributed by atoms with Gasteiger partial charge < -0.3 is 0 Å². The van der Waals surface area contributed by atoms with E-state index < -0.39 is 0 Å². The Kier molecular flexibility index (Phi) is 1.74. The minimum absolute atomic E-state index is 0.331. The molecule has 1 aromatic heterocycles. The average molecular weight is 162 g/mol. The van der Waals surface area contributed by atoms with Crippen molar-refractivity contribution in [1.82, 2.24) is 15.0 Å². The Bertz CT molecular complexity index is 282. The van der Waals surface area contributed by atoms with Gasteiger partial charge in [0.1, 0.15) is 6.33 Å². The number of hydrazone groups is 1. The molecule has 2 rings (SSSR count). The Morgan fingerprint density at radius 3 is 3.08 bits per heavy atom. The maximum Gasteiger partial charge on any atom is 0.115 e. The SMILES string of the molecule is CN1CC(c2ccncn2)C=N1. The maximum absolute atomic E-state index is 4.17. The first kappa shape index (κ1) is 7.21. The highest BCUT2D eigenvalue weighted by Crippen LogP contribution is 2.15. The van der Waals surface area contributed by atoms with E-state index in [0.717, 1.165) is 12.2 Å². The Hall–Kier alpha value is -1.45. The van der Waals surface area contributed by atoms with Crippen molar-refractivity contribution < 1.29 is 0 Å². The predicted octanol–water partition coefficient (Wildman–Crippen LogP) is 0.491. The summed E-state index contributed by atoms with van der Waals surface area (Å²) in [5.74, 6) is 0.331. The van der Waals surface area contributed by atoms with Gasteiger partial charge in [-0.3, -0.25) is 5.01 Å². The van der Waals surface area contributed by atoms with Crippen molar-refractivity contribution in [2.45, 2.75) is 5.92 Å². The van der Waals surface area contributed by atoms with E-state index in [1.165, 1.54) is 0 Å². The largest absolute Gasteiger partial charge is 0.299 e. The van der Waals surface area contributed by atoms with Crippen LogP contribution in [0.1, 0.15) is 11.6 Å². The second-order valence-corrected chi connectivity index (χ2v) is 2.85. The molecule has 0 radical (unpaired) electrons. The Balaban J connectivity index is 2.18. The summed E-state index contributed by atoms with van der Waals surface area (Å²) in [5.41, 5.74) is 1.04. The van der Waals surface area contributed by atoms with Crippen molar-refractivity contribution in [3.63, 3.8) is 0 Å². The molecule has 0 spiro atoms. The van der Waals surface area contributed by atoms with Crippen molar-refractivity contribution in [3.05, 3.63) is 24.3 Å². The molecule has 1 aliphatic heterocycles.